The van der Waals surface area contributed by atoms with Crippen LogP contribution in [0.1, 0.15) is 49.8 Å². The second kappa shape index (κ2) is 9.23. The summed E-state index contributed by atoms with van der Waals surface area (Å²) in [5.41, 5.74) is 1.92. The summed E-state index contributed by atoms with van der Waals surface area (Å²) in [6, 6.07) is 16.9. The molecular weight excluding hydrogens is 314 g/mol. The zero-order chi connectivity index (χ0) is 18.2. The maximum atomic E-state index is 12.4. The molecule has 0 aromatic heterocycles. The predicted octanol–water partition coefficient (Wildman–Crippen LogP) is 3.82. The normalized spacial score (nSPS) is 14.4. The molecule has 0 saturated carbocycles. The van der Waals surface area contributed by atoms with Crippen LogP contribution in [0.4, 0.5) is 0 Å². The molecule has 0 fully saturated rings. The van der Waals surface area contributed by atoms with E-state index in [0.29, 0.717) is 6.42 Å². The van der Waals surface area contributed by atoms with Crippen molar-refractivity contribution in [2.24, 2.45) is 0 Å². The van der Waals surface area contributed by atoms with Gasteiger partial charge in [0.1, 0.15) is 5.75 Å². The fourth-order valence-corrected chi connectivity index (χ4v) is 2.93. The number of hydrogen-bond acceptors (Lipinski definition) is 3. The van der Waals surface area contributed by atoms with Gasteiger partial charge in [0.25, 0.3) is 0 Å². The molecule has 4 nitrogen and oxygen atoms in total. The molecule has 4 heteroatoms. The number of methoxy groups -OCH3 is 1. The van der Waals surface area contributed by atoms with Crippen molar-refractivity contribution in [1.82, 2.24) is 5.32 Å². The van der Waals surface area contributed by atoms with E-state index < -0.39 is 6.10 Å². The van der Waals surface area contributed by atoms with Crippen molar-refractivity contribution in [3.05, 3.63) is 65.7 Å². The molecule has 0 aliphatic heterocycles. The molecule has 0 spiro atoms. The number of benzene rings is 2. The van der Waals surface area contributed by atoms with Crippen molar-refractivity contribution in [2.75, 3.05) is 7.11 Å². The van der Waals surface area contributed by atoms with Gasteiger partial charge in [-0.15, -0.1) is 0 Å². The molecule has 0 heterocycles. The van der Waals surface area contributed by atoms with Crippen LogP contribution in [-0.4, -0.2) is 24.2 Å². The van der Waals surface area contributed by atoms with Crippen LogP contribution >= 0.6 is 0 Å². The first-order valence-electron chi connectivity index (χ1n) is 8.71. The number of aliphatic hydroxyl groups excluding tert-OH is 1. The summed E-state index contributed by atoms with van der Waals surface area (Å²) in [6.45, 7) is 3.90. The topological polar surface area (TPSA) is 58.6 Å². The van der Waals surface area contributed by atoms with Gasteiger partial charge in [-0.25, -0.2) is 0 Å². The number of hydrogen-bond donors (Lipinski definition) is 2. The van der Waals surface area contributed by atoms with Gasteiger partial charge in [0, 0.05) is 6.42 Å². The van der Waals surface area contributed by atoms with Gasteiger partial charge in [-0.1, -0.05) is 49.4 Å². The first-order chi connectivity index (χ1) is 12.0. The fourth-order valence-electron chi connectivity index (χ4n) is 2.93. The van der Waals surface area contributed by atoms with Crippen LogP contribution in [0.5, 0.6) is 5.75 Å². The molecule has 0 saturated heterocycles. The summed E-state index contributed by atoms with van der Waals surface area (Å²) in [5, 5.41) is 13.4. The molecule has 0 aliphatic rings. The lowest BCUT2D eigenvalue weighted by molar-refractivity contribution is -0.122. The van der Waals surface area contributed by atoms with Gasteiger partial charge in [0.15, 0.2) is 0 Å². The van der Waals surface area contributed by atoms with E-state index in [-0.39, 0.29) is 17.9 Å². The summed E-state index contributed by atoms with van der Waals surface area (Å²) < 4.78 is 5.12. The van der Waals surface area contributed by atoms with Crippen molar-refractivity contribution in [1.29, 1.82) is 0 Å². The van der Waals surface area contributed by atoms with Crippen molar-refractivity contribution in [3.8, 4) is 5.75 Å². The van der Waals surface area contributed by atoms with Crippen LogP contribution in [0, 0.1) is 0 Å². The van der Waals surface area contributed by atoms with Crippen molar-refractivity contribution < 1.29 is 14.6 Å². The Kier molecular flexibility index (Phi) is 7.02. The van der Waals surface area contributed by atoms with Crippen molar-refractivity contribution in [3.63, 3.8) is 0 Å². The predicted molar refractivity (Wildman–Crippen MR) is 99.6 cm³/mol. The molecule has 2 N–H and O–H groups in total. The lowest BCUT2D eigenvalue weighted by Gasteiger charge is -2.22. The Labute approximate surface area is 149 Å². The standard InChI is InChI=1S/C21H27NO3/c1-4-16(17-8-6-5-7-9-17)14-20(23)22-15(2)21(24)18-10-12-19(25-3)13-11-18/h5-13,15-16,21,24H,4,14H2,1-3H3,(H,22,23). The number of amides is 1. The van der Waals surface area contributed by atoms with Gasteiger partial charge in [0.05, 0.1) is 19.3 Å². The van der Waals surface area contributed by atoms with E-state index in [2.05, 4.69) is 24.4 Å². The van der Waals surface area contributed by atoms with Crippen molar-refractivity contribution >= 4 is 5.91 Å². The molecule has 0 aliphatic carbocycles. The maximum Gasteiger partial charge on any atom is 0.220 e. The van der Waals surface area contributed by atoms with Crippen LogP contribution in [0.3, 0.4) is 0 Å². The van der Waals surface area contributed by atoms with Crippen LogP contribution < -0.4 is 10.1 Å². The van der Waals surface area contributed by atoms with Crippen LogP contribution in [-0.2, 0) is 4.79 Å². The highest BCUT2D eigenvalue weighted by atomic mass is 16.5. The average Bonchev–Trinajstić information content (AvgIpc) is 2.66. The third kappa shape index (κ3) is 5.33. The number of nitrogens with one attached hydrogen (secondary N) is 1. The van der Waals surface area contributed by atoms with E-state index in [0.717, 1.165) is 17.7 Å². The van der Waals surface area contributed by atoms with E-state index in [1.165, 1.54) is 5.56 Å². The summed E-state index contributed by atoms with van der Waals surface area (Å²) >= 11 is 0. The molecule has 2 aromatic carbocycles. The molecular formula is C21H27NO3. The van der Waals surface area contributed by atoms with Crippen LogP contribution in [0.15, 0.2) is 54.6 Å². The van der Waals surface area contributed by atoms with Gasteiger partial charge in [-0.05, 0) is 42.5 Å². The van der Waals surface area contributed by atoms with E-state index in [1.807, 2.05) is 37.3 Å². The second-order valence-corrected chi connectivity index (χ2v) is 6.29. The van der Waals surface area contributed by atoms with Crippen LogP contribution in [0.2, 0.25) is 0 Å². The Balaban J connectivity index is 1.94. The molecule has 25 heavy (non-hydrogen) atoms. The van der Waals surface area contributed by atoms with Gasteiger partial charge in [0.2, 0.25) is 5.91 Å². The molecule has 0 radical (unpaired) electrons. The van der Waals surface area contributed by atoms with Gasteiger partial charge < -0.3 is 15.2 Å². The molecule has 0 bridgehead atoms. The Hall–Kier alpha value is -2.33. The zero-order valence-corrected chi connectivity index (χ0v) is 15.1. The number of rotatable bonds is 8. The van der Waals surface area contributed by atoms with Crippen molar-refractivity contribution in [2.45, 2.75) is 44.8 Å². The Morgan fingerprint density at radius 1 is 1.08 bits per heavy atom. The summed E-state index contributed by atoms with van der Waals surface area (Å²) in [7, 11) is 1.60. The summed E-state index contributed by atoms with van der Waals surface area (Å²) in [5.74, 6) is 0.878. The Bertz CT molecular complexity index is 655. The minimum Gasteiger partial charge on any atom is -0.497 e. The molecule has 1 amide bonds. The lowest BCUT2D eigenvalue weighted by atomic mass is 9.92. The highest BCUT2D eigenvalue weighted by molar-refractivity contribution is 5.77. The minimum atomic E-state index is -0.758. The number of carbonyl (C=O) groups excluding carboxylic acids is 1. The van der Waals surface area contributed by atoms with E-state index in [9.17, 15) is 9.90 Å². The molecule has 2 aromatic rings. The quantitative estimate of drug-likeness (QED) is 0.767. The monoisotopic (exact) mass is 341 g/mol. The minimum absolute atomic E-state index is 0.0456. The second-order valence-electron chi connectivity index (χ2n) is 6.29. The molecule has 3 atom stereocenters. The summed E-state index contributed by atoms with van der Waals surface area (Å²) in [4.78, 5) is 12.4. The lowest BCUT2D eigenvalue weighted by Crippen LogP contribution is -2.37. The Morgan fingerprint density at radius 3 is 2.28 bits per heavy atom. The molecule has 134 valence electrons. The largest absolute Gasteiger partial charge is 0.497 e. The van der Waals surface area contributed by atoms with Crippen LogP contribution in [0.25, 0.3) is 0 Å². The SMILES string of the molecule is CCC(CC(=O)NC(C)C(O)c1ccc(OC)cc1)c1ccccc1. The zero-order valence-electron chi connectivity index (χ0n) is 15.1. The molecule has 3 unspecified atom stereocenters. The Morgan fingerprint density at radius 2 is 1.72 bits per heavy atom. The highest BCUT2D eigenvalue weighted by Gasteiger charge is 2.20. The van der Waals surface area contributed by atoms with E-state index in [4.69, 9.17) is 4.74 Å². The third-order valence-electron chi connectivity index (χ3n) is 4.52. The van der Waals surface area contributed by atoms with Gasteiger partial charge in [-0.2, -0.15) is 0 Å². The first-order valence-corrected chi connectivity index (χ1v) is 8.71. The maximum absolute atomic E-state index is 12.4. The number of carbonyl (C=O) groups is 1. The highest BCUT2D eigenvalue weighted by Crippen LogP contribution is 2.24. The van der Waals surface area contributed by atoms with E-state index in [1.54, 1.807) is 19.2 Å². The third-order valence-corrected chi connectivity index (χ3v) is 4.52. The first kappa shape index (κ1) is 19.0. The number of aliphatic hydroxyl groups is 1. The van der Waals surface area contributed by atoms with E-state index >= 15 is 0 Å². The van der Waals surface area contributed by atoms with Gasteiger partial charge >= 0.3 is 0 Å². The average molecular weight is 341 g/mol. The number of ether oxygens (including phenoxy) is 1. The smallest absolute Gasteiger partial charge is 0.220 e. The molecule has 2 rings (SSSR count). The van der Waals surface area contributed by atoms with Gasteiger partial charge in [-0.3, -0.25) is 4.79 Å². The fraction of sp³-hybridized carbons (Fsp3) is 0.381. The summed E-state index contributed by atoms with van der Waals surface area (Å²) in [6.07, 6.45) is 0.555.